The van der Waals surface area contributed by atoms with Gasteiger partial charge >= 0.3 is 0 Å². The molecule has 0 aliphatic carbocycles. The Morgan fingerprint density at radius 3 is 3.00 bits per heavy atom. The molecule has 3 aromatic rings. The average Bonchev–Trinajstić information content (AvgIpc) is 2.88. The van der Waals surface area contributed by atoms with Crippen LogP contribution in [0.1, 0.15) is 5.56 Å². The van der Waals surface area contributed by atoms with Crippen LogP contribution in [0.15, 0.2) is 53.8 Å². The second-order valence-corrected chi connectivity index (χ2v) is 5.25. The van der Waals surface area contributed by atoms with Gasteiger partial charge in [-0.1, -0.05) is 6.07 Å². The molecule has 96 valence electrons. The molecule has 1 N–H and O–H groups in total. The molecule has 0 amide bonds. The van der Waals surface area contributed by atoms with E-state index in [1.54, 1.807) is 25.1 Å². The number of thioether (sulfide) groups is 1. The van der Waals surface area contributed by atoms with E-state index in [2.05, 4.69) is 22.1 Å². The smallest absolute Gasteiger partial charge is 0.119 e. The van der Waals surface area contributed by atoms with Gasteiger partial charge in [0.25, 0.3) is 0 Å². The minimum atomic E-state index is 0.885. The fraction of sp³-hybridized carbons (Fsp3) is 0.133. The van der Waals surface area contributed by atoms with E-state index in [1.807, 2.05) is 30.5 Å². The maximum Gasteiger partial charge on any atom is 0.119 e. The molecule has 0 saturated heterocycles. The molecule has 0 aliphatic rings. The number of hydrogen-bond acceptors (Lipinski definition) is 3. The second kappa shape index (κ2) is 5.36. The van der Waals surface area contributed by atoms with E-state index in [9.17, 15) is 0 Å². The van der Waals surface area contributed by atoms with Gasteiger partial charge in [-0.3, -0.25) is 4.98 Å². The van der Waals surface area contributed by atoms with Crippen LogP contribution in [0, 0.1) is 0 Å². The van der Waals surface area contributed by atoms with Crippen molar-refractivity contribution in [1.29, 1.82) is 0 Å². The van der Waals surface area contributed by atoms with Crippen LogP contribution in [0.4, 0.5) is 0 Å². The van der Waals surface area contributed by atoms with Crippen LogP contribution in [0.3, 0.4) is 0 Å². The zero-order chi connectivity index (χ0) is 13.1. The van der Waals surface area contributed by atoms with Gasteiger partial charge in [0, 0.05) is 29.0 Å². The summed E-state index contributed by atoms with van der Waals surface area (Å²) in [5.74, 6) is 1.80. The zero-order valence-electron chi connectivity index (χ0n) is 10.6. The highest BCUT2D eigenvalue weighted by Crippen LogP contribution is 2.28. The second-order valence-electron chi connectivity index (χ2n) is 4.24. The summed E-state index contributed by atoms with van der Waals surface area (Å²) in [6.07, 6.45) is 3.70. The summed E-state index contributed by atoms with van der Waals surface area (Å²) in [7, 11) is 1.69. The van der Waals surface area contributed by atoms with E-state index >= 15 is 0 Å². The van der Waals surface area contributed by atoms with Crippen molar-refractivity contribution in [2.75, 3.05) is 7.11 Å². The maximum absolute atomic E-state index is 5.23. The van der Waals surface area contributed by atoms with E-state index in [-0.39, 0.29) is 0 Å². The normalized spacial score (nSPS) is 10.8. The Labute approximate surface area is 116 Å². The van der Waals surface area contributed by atoms with Crippen molar-refractivity contribution in [2.24, 2.45) is 0 Å². The number of pyridine rings is 1. The average molecular weight is 270 g/mol. The highest BCUT2D eigenvalue weighted by atomic mass is 32.2. The molecule has 0 spiro atoms. The Kier molecular flexibility index (Phi) is 3.42. The number of fused-ring (bicyclic) bond motifs is 1. The number of rotatable bonds is 4. The SMILES string of the molecule is COc1ccc2[nH]c(SCc3cccnc3)cc2c1. The molecule has 0 saturated carbocycles. The minimum absolute atomic E-state index is 0.885. The highest BCUT2D eigenvalue weighted by Gasteiger charge is 2.03. The molecular formula is C15H14N2OS. The van der Waals surface area contributed by atoms with E-state index in [0.29, 0.717) is 0 Å². The van der Waals surface area contributed by atoms with Crippen molar-refractivity contribution in [3.63, 3.8) is 0 Å². The summed E-state index contributed by atoms with van der Waals surface area (Å²) in [5.41, 5.74) is 2.36. The van der Waals surface area contributed by atoms with Crippen molar-refractivity contribution in [2.45, 2.75) is 10.8 Å². The Balaban J connectivity index is 1.78. The Bertz CT molecular complexity index is 679. The number of benzene rings is 1. The van der Waals surface area contributed by atoms with Gasteiger partial charge in [0.15, 0.2) is 0 Å². The minimum Gasteiger partial charge on any atom is -0.497 e. The number of ether oxygens (including phenoxy) is 1. The molecule has 0 atom stereocenters. The zero-order valence-corrected chi connectivity index (χ0v) is 11.4. The lowest BCUT2D eigenvalue weighted by Gasteiger charge is -1.98. The number of nitrogens with one attached hydrogen (secondary N) is 1. The molecule has 0 unspecified atom stereocenters. The number of aromatic amines is 1. The summed E-state index contributed by atoms with van der Waals surface area (Å²) in [6.45, 7) is 0. The fourth-order valence-electron chi connectivity index (χ4n) is 1.93. The summed E-state index contributed by atoms with van der Waals surface area (Å²) in [4.78, 5) is 7.53. The lowest BCUT2D eigenvalue weighted by atomic mass is 10.2. The van der Waals surface area contributed by atoms with Gasteiger partial charge < -0.3 is 9.72 Å². The number of H-pyrrole nitrogens is 1. The van der Waals surface area contributed by atoms with Gasteiger partial charge in [-0.25, -0.2) is 0 Å². The van der Waals surface area contributed by atoms with E-state index in [0.717, 1.165) is 22.0 Å². The predicted molar refractivity (Wildman–Crippen MR) is 78.6 cm³/mol. The molecule has 0 bridgehead atoms. The Morgan fingerprint density at radius 1 is 1.26 bits per heavy atom. The van der Waals surface area contributed by atoms with Gasteiger partial charge in [0.1, 0.15) is 5.75 Å². The highest BCUT2D eigenvalue weighted by molar-refractivity contribution is 7.98. The van der Waals surface area contributed by atoms with Crippen LogP contribution in [0.25, 0.3) is 10.9 Å². The van der Waals surface area contributed by atoms with E-state index < -0.39 is 0 Å². The van der Waals surface area contributed by atoms with Crippen molar-refractivity contribution in [3.05, 3.63) is 54.4 Å². The van der Waals surface area contributed by atoms with Crippen LogP contribution >= 0.6 is 11.8 Å². The summed E-state index contributed by atoms with van der Waals surface area (Å²) >= 11 is 1.78. The molecule has 1 aromatic carbocycles. The van der Waals surface area contributed by atoms with Gasteiger partial charge in [-0.05, 0) is 35.9 Å². The molecule has 3 rings (SSSR count). The molecule has 2 aromatic heterocycles. The summed E-state index contributed by atoms with van der Waals surface area (Å²) < 4.78 is 5.23. The molecule has 0 aliphatic heterocycles. The van der Waals surface area contributed by atoms with Crippen molar-refractivity contribution < 1.29 is 4.74 Å². The van der Waals surface area contributed by atoms with Crippen molar-refractivity contribution in [3.8, 4) is 5.75 Å². The summed E-state index contributed by atoms with van der Waals surface area (Å²) in [6, 6.07) is 12.3. The first-order valence-electron chi connectivity index (χ1n) is 6.03. The largest absolute Gasteiger partial charge is 0.497 e. The number of hydrogen-bond donors (Lipinski definition) is 1. The monoisotopic (exact) mass is 270 g/mol. The van der Waals surface area contributed by atoms with Crippen molar-refractivity contribution >= 4 is 22.7 Å². The third kappa shape index (κ3) is 2.74. The first kappa shape index (κ1) is 12.1. The van der Waals surface area contributed by atoms with Gasteiger partial charge in [0.05, 0.1) is 12.1 Å². The van der Waals surface area contributed by atoms with Gasteiger partial charge in [-0.15, -0.1) is 11.8 Å². The first-order chi connectivity index (χ1) is 9.35. The van der Waals surface area contributed by atoms with Crippen LogP contribution < -0.4 is 4.74 Å². The third-order valence-electron chi connectivity index (χ3n) is 2.92. The molecule has 3 nitrogen and oxygen atoms in total. The topological polar surface area (TPSA) is 37.9 Å². The van der Waals surface area contributed by atoms with Gasteiger partial charge in [-0.2, -0.15) is 0 Å². The summed E-state index contributed by atoms with van der Waals surface area (Å²) in [5, 5.41) is 2.33. The molecule has 0 fully saturated rings. The molecule has 19 heavy (non-hydrogen) atoms. The third-order valence-corrected chi connectivity index (χ3v) is 3.93. The fourth-order valence-corrected chi connectivity index (χ4v) is 2.82. The Hall–Kier alpha value is -1.94. The lowest BCUT2D eigenvalue weighted by molar-refractivity contribution is 0.415. The van der Waals surface area contributed by atoms with E-state index in [4.69, 9.17) is 4.74 Å². The van der Waals surface area contributed by atoms with Crippen LogP contribution in [-0.4, -0.2) is 17.1 Å². The molecule has 2 heterocycles. The van der Waals surface area contributed by atoms with Crippen molar-refractivity contribution in [1.82, 2.24) is 9.97 Å². The van der Waals surface area contributed by atoms with Gasteiger partial charge in [0.2, 0.25) is 0 Å². The molecule has 0 radical (unpaired) electrons. The predicted octanol–water partition coefficient (Wildman–Crippen LogP) is 3.86. The molecule has 4 heteroatoms. The molecular weight excluding hydrogens is 256 g/mol. The number of nitrogens with zero attached hydrogens (tertiary/aromatic N) is 1. The number of aromatic nitrogens is 2. The lowest BCUT2D eigenvalue weighted by Crippen LogP contribution is -1.81. The standard InChI is InChI=1S/C15H14N2OS/c1-18-13-4-5-14-12(7-13)8-15(17-14)19-10-11-3-2-6-16-9-11/h2-9,17H,10H2,1H3. The quantitative estimate of drug-likeness (QED) is 0.731. The van der Waals surface area contributed by atoms with E-state index in [1.165, 1.54) is 10.9 Å². The van der Waals surface area contributed by atoms with Crippen LogP contribution in [0.5, 0.6) is 5.75 Å². The number of methoxy groups -OCH3 is 1. The first-order valence-corrected chi connectivity index (χ1v) is 7.02. The Morgan fingerprint density at radius 2 is 2.21 bits per heavy atom. The maximum atomic E-state index is 5.23. The van der Waals surface area contributed by atoms with Crippen LogP contribution in [0.2, 0.25) is 0 Å². The van der Waals surface area contributed by atoms with Crippen LogP contribution in [-0.2, 0) is 5.75 Å².